The second kappa shape index (κ2) is 8.68. The van der Waals surface area contributed by atoms with Crippen molar-refractivity contribution in [1.29, 1.82) is 0 Å². The van der Waals surface area contributed by atoms with Crippen LogP contribution in [0, 0.1) is 0 Å². The first kappa shape index (κ1) is 20.9. The first-order chi connectivity index (χ1) is 14.3. The largest absolute Gasteiger partial charge is 0.478 e. The molecule has 1 heterocycles. The fourth-order valence-electron chi connectivity index (χ4n) is 2.52. The predicted molar refractivity (Wildman–Crippen MR) is 101 cm³/mol. The van der Waals surface area contributed by atoms with E-state index in [1.807, 2.05) is 0 Å². The summed E-state index contributed by atoms with van der Waals surface area (Å²) < 4.78 is 46.7. The van der Waals surface area contributed by atoms with Crippen LogP contribution < -0.4 is 4.74 Å². The van der Waals surface area contributed by atoms with Gasteiger partial charge >= 0.3 is 12.1 Å². The Bertz CT molecular complexity index is 1050. The van der Waals surface area contributed by atoms with Gasteiger partial charge in [0.05, 0.1) is 17.3 Å². The normalized spacial score (nSPS) is 11.6. The first-order valence-corrected chi connectivity index (χ1v) is 8.60. The molecule has 0 atom stereocenters. The van der Waals surface area contributed by atoms with Gasteiger partial charge in [-0.2, -0.15) is 18.3 Å². The Hall–Kier alpha value is -3.82. The second-order valence-corrected chi connectivity index (χ2v) is 6.11. The van der Waals surface area contributed by atoms with Crippen LogP contribution in [-0.2, 0) is 24.7 Å². The van der Waals surface area contributed by atoms with Crippen molar-refractivity contribution in [3.8, 4) is 11.6 Å². The molecule has 2 aromatic carbocycles. The van der Waals surface area contributed by atoms with Crippen LogP contribution in [-0.4, -0.2) is 27.1 Å². The van der Waals surface area contributed by atoms with E-state index in [-0.39, 0.29) is 23.6 Å². The molecule has 3 aromatic rings. The van der Waals surface area contributed by atoms with Gasteiger partial charge in [-0.15, -0.1) is 0 Å². The first-order valence-electron chi connectivity index (χ1n) is 8.60. The van der Waals surface area contributed by atoms with Gasteiger partial charge in [-0.1, -0.05) is 35.5 Å². The minimum atomic E-state index is -4.72. The van der Waals surface area contributed by atoms with Gasteiger partial charge in [0.1, 0.15) is 12.4 Å². The number of aromatic nitrogens is 2. The number of carboxylic acids is 1. The maximum absolute atomic E-state index is 13.4. The molecular weight excluding hydrogens is 403 g/mol. The summed E-state index contributed by atoms with van der Waals surface area (Å²) in [5.74, 6) is -0.877. The van der Waals surface area contributed by atoms with E-state index in [1.54, 1.807) is 30.3 Å². The number of oxime groups is 1. The zero-order valence-electron chi connectivity index (χ0n) is 15.6. The lowest BCUT2D eigenvalue weighted by atomic mass is 10.1. The third-order valence-electron chi connectivity index (χ3n) is 3.94. The second-order valence-electron chi connectivity index (χ2n) is 6.11. The van der Waals surface area contributed by atoms with E-state index in [2.05, 4.69) is 10.3 Å². The summed E-state index contributed by atoms with van der Waals surface area (Å²) in [6.45, 7) is -0.0626. The average Bonchev–Trinajstić information content (AvgIpc) is 3.02. The summed E-state index contributed by atoms with van der Waals surface area (Å²) in [6.07, 6.45) is -3.83. The minimum Gasteiger partial charge on any atom is -0.478 e. The number of hydrogen-bond donors (Lipinski definition) is 1. The molecule has 1 aromatic heterocycles. The van der Waals surface area contributed by atoms with Crippen molar-refractivity contribution in [2.24, 2.45) is 12.2 Å². The fraction of sp³-hybridized carbons (Fsp3) is 0.150. The van der Waals surface area contributed by atoms with E-state index < -0.39 is 17.8 Å². The number of carbonyl (C=O) groups is 1. The lowest BCUT2D eigenvalue weighted by Crippen LogP contribution is -2.09. The lowest BCUT2D eigenvalue weighted by Gasteiger charge is -2.07. The van der Waals surface area contributed by atoms with Gasteiger partial charge in [-0.05, 0) is 29.8 Å². The molecule has 0 saturated carbocycles. The number of nitrogens with zero attached hydrogens (tertiary/aromatic N) is 3. The molecule has 10 heteroatoms. The molecule has 156 valence electrons. The maximum atomic E-state index is 13.4. The monoisotopic (exact) mass is 419 g/mol. The van der Waals surface area contributed by atoms with Gasteiger partial charge in [0.25, 0.3) is 0 Å². The average molecular weight is 419 g/mol. The van der Waals surface area contributed by atoms with Crippen LogP contribution in [0.15, 0.2) is 59.8 Å². The molecular formula is C20H16F3N3O4. The molecule has 0 aliphatic carbocycles. The van der Waals surface area contributed by atoms with Gasteiger partial charge < -0.3 is 14.7 Å². The van der Waals surface area contributed by atoms with Crippen molar-refractivity contribution < 1.29 is 32.6 Å². The van der Waals surface area contributed by atoms with Crippen LogP contribution >= 0.6 is 0 Å². The third kappa shape index (κ3) is 4.96. The highest BCUT2D eigenvalue weighted by Gasteiger charge is 2.39. The summed E-state index contributed by atoms with van der Waals surface area (Å²) in [7, 11) is 1.33. The van der Waals surface area contributed by atoms with Crippen molar-refractivity contribution in [3.05, 3.63) is 77.0 Å². The number of alkyl halides is 3. The Morgan fingerprint density at radius 3 is 2.43 bits per heavy atom. The molecule has 0 saturated heterocycles. The summed E-state index contributed by atoms with van der Waals surface area (Å²) in [6, 6.07) is 14.1. The van der Waals surface area contributed by atoms with Gasteiger partial charge in [0.15, 0.2) is 5.69 Å². The molecule has 0 radical (unpaired) electrons. The highest BCUT2D eigenvalue weighted by molar-refractivity contribution is 5.87. The Balaban J connectivity index is 1.79. The third-order valence-corrected chi connectivity index (χ3v) is 3.94. The van der Waals surface area contributed by atoms with Gasteiger partial charge in [0.2, 0.25) is 5.88 Å². The number of hydrogen-bond acceptors (Lipinski definition) is 5. The summed E-state index contributed by atoms with van der Waals surface area (Å²) in [5.41, 5.74) is -0.834. The summed E-state index contributed by atoms with van der Waals surface area (Å²) >= 11 is 0. The molecule has 0 spiro atoms. The molecule has 0 amide bonds. The van der Waals surface area contributed by atoms with Crippen LogP contribution in [0.4, 0.5) is 13.2 Å². The molecule has 0 aliphatic rings. The van der Waals surface area contributed by atoms with Gasteiger partial charge in [0, 0.05) is 7.05 Å². The van der Waals surface area contributed by atoms with Crippen LogP contribution in [0.1, 0.15) is 27.2 Å². The molecule has 0 aliphatic heterocycles. The van der Waals surface area contributed by atoms with E-state index in [1.165, 1.54) is 31.3 Å². The standard InChI is InChI=1S/C20H16F3N3O4/c1-26-18(30-15-5-3-2-4-6-15)16(17(25-26)20(21,22)23)11-24-29-12-13-7-9-14(10-8-13)19(27)28/h2-11H,12H2,1H3,(H,27,28). The van der Waals surface area contributed by atoms with Crippen molar-refractivity contribution in [3.63, 3.8) is 0 Å². The highest BCUT2D eigenvalue weighted by Crippen LogP contribution is 2.36. The molecule has 7 nitrogen and oxygen atoms in total. The van der Waals surface area contributed by atoms with Gasteiger partial charge in [-0.3, -0.25) is 0 Å². The SMILES string of the molecule is Cn1nc(C(F)(F)F)c(C=NOCc2ccc(C(=O)O)cc2)c1Oc1ccccc1. The van der Waals surface area contributed by atoms with Crippen molar-refractivity contribution >= 4 is 12.2 Å². The maximum Gasteiger partial charge on any atom is 0.435 e. The van der Waals surface area contributed by atoms with E-state index in [4.69, 9.17) is 14.7 Å². The number of para-hydroxylation sites is 1. The number of halogens is 3. The Morgan fingerprint density at radius 2 is 1.83 bits per heavy atom. The van der Waals surface area contributed by atoms with Crippen molar-refractivity contribution in [2.45, 2.75) is 12.8 Å². The van der Waals surface area contributed by atoms with Crippen molar-refractivity contribution in [2.75, 3.05) is 0 Å². The number of ether oxygens (including phenoxy) is 1. The lowest BCUT2D eigenvalue weighted by molar-refractivity contribution is -0.141. The zero-order valence-corrected chi connectivity index (χ0v) is 15.6. The molecule has 1 N–H and O–H groups in total. The number of aryl methyl sites for hydroxylation is 1. The minimum absolute atomic E-state index is 0.0626. The van der Waals surface area contributed by atoms with Gasteiger partial charge in [-0.25, -0.2) is 9.48 Å². The van der Waals surface area contributed by atoms with Crippen LogP contribution in [0.3, 0.4) is 0 Å². The molecule has 0 unspecified atom stereocenters. The quantitative estimate of drug-likeness (QED) is 0.451. The topological polar surface area (TPSA) is 85.9 Å². The zero-order chi connectivity index (χ0) is 21.7. The van der Waals surface area contributed by atoms with Crippen LogP contribution in [0.25, 0.3) is 0 Å². The smallest absolute Gasteiger partial charge is 0.435 e. The van der Waals surface area contributed by atoms with Crippen molar-refractivity contribution in [1.82, 2.24) is 9.78 Å². The van der Waals surface area contributed by atoms with E-state index in [9.17, 15) is 18.0 Å². The number of aromatic carboxylic acids is 1. The van der Waals surface area contributed by atoms with E-state index >= 15 is 0 Å². The number of benzene rings is 2. The highest BCUT2D eigenvalue weighted by atomic mass is 19.4. The summed E-state index contributed by atoms with van der Waals surface area (Å²) in [5, 5.41) is 16.0. The summed E-state index contributed by atoms with van der Waals surface area (Å²) in [4.78, 5) is 15.9. The van der Waals surface area contributed by atoms with E-state index in [0.717, 1.165) is 10.9 Å². The fourth-order valence-corrected chi connectivity index (χ4v) is 2.52. The Kier molecular flexibility index (Phi) is 6.05. The molecule has 3 rings (SSSR count). The van der Waals surface area contributed by atoms with E-state index in [0.29, 0.717) is 11.3 Å². The molecule has 0 bridgehead atoms. The number of rotatable bonds is 7. The van der Waals surface area contributed by atoms with Crippen LogP contribution in [0.2, 0.25) is 0 Å². The Morgan fingerprint density at radius 1 is 1.17 bits per heavy atom. The molecule has 0 fully saturated rings. The predicted octanol–water partition coefficient (Wildman–Crippen LogP) is 4.48. The molecule has 30 heavy (non-hydrogen) atoms. The Labute approximate surface area is 169 Å². The van der Waals surface area contributed by atoms with Crippen LogP contribution in [0.5, 0.6) is 11.6 Å². The number of carboxylic acid groups (broad SMARTS) is 1.